The summed E-state index contributed by atoms with van der Waals surface area (Å²) in [7, 11) is 1.63. The van der Waals surface area contributed by atoms with E-state index in [4.69, 9.17) is 18.9 Å². The molecule has 1 aliphatic carbocycles. The summed E-state index contributed by atoms with van der Waals surface area (Å²) >= 11 is 0. The second-order valence-electron chi connectivity index (χ2n) is 15.8. The third-order valence-electron chi connectivity index (χ3n) is 9.26. The number of fused-ring (bicyclic) bond motifs is 1. The zero-order valence-corrected chi connectivity index (χ0v) is 31.7. The molecule has 1 saturated heterocycles. The van der Waals surface area contributed by atoms with E-state index < -0.39 is 29.1 Å². The van der Waals surface area contributed by atoms with Crippen molar-refractivity contribution in [2.75, 3.05) is 56.4 Å². The molecule has 1 saturated carbocycles. The van der Waals surface area contributed by atoms with Gasteiger partial charge < -0.3 is 39.0 Å². The highest BCUT2D eigenvalue weighted by molar-refractivity contribution is 6.04. The first-order valence-electron chi connectivity index (χ1n) is 18.4. The molecular weight excluding hydrogens is 640 g/mol. The maximum Gasteiger partial charge on any atom is 0.410 e. The molecule has 2 aliphatic heterocycles. The highest BCUT2D eigenvalue weighted by atomic mass is 16.6. The Hall–Kier alpha value is -3.38. The summed E-state index contributed by atoms with van der Waals surface area (Å²) in [5.41, 5.74) is -0.499. The Kier molecular flexibility index (Phi) is 13.2. The molecule has 3 aliphatic rings. The van der Waals surface area contributed by atoms with Crippen LogP contribution < -0.4 is 19.9 Å². The largest absolute Gasteiger partial charge is 0.476 e. The maximum absolute atomic E-state index is 14.6. The zero-order valence-electron chi connectivity index (χ0n) is 31.7. The average molecular weight is 701 g/mol. The summed E-state index contributed by atoms with van der Waals surface area (Å²) in [6.45, 7) is 17.5. The van der Waals surface area contributed by atoms with Gasteiger partial charge in [-0.2, -0.15) is 0 Å². The molecule has 4 amide bonds. The topological polar surface area (TPSA) is 127 Å². The van der Waals surface area contributed by atoms with Crippen molar-refractivity contribution in [3.8, 4) is 5.75 Å². The van der Waals surface area contributed by atoms with Crippen LogP contribution in [0, 0.1) is 17.8 Å². The van der Waals surface area contributed by atoms with E-state index >= 15 is 0 Å². The summed E-state index contributed by atoms with van der Waals surface area (Å²) in [4.78, 5) is 60.5. The SMILES string of the molecule is CCOCC[C@H](CC(C)C)NC(=O)[C@H]1C[C@@H](C(=O)N(c2ccc3c(c2)N(CCCOC)C(=O)C(C)(C)O3)C2CC2)CN(C(=O)OC(C)(C)C)C1. The first-order chi connectivity index (χ1) is 23.5. The summed E-state index contributed by atoms with van der Waals surface area (Å²) in [6, 6.07) is 5.45. The van der Waals surface area contributed by atoms with Crippen molar-refractivity contribution in [3.63, 3.8) is 0 Å². The number of ether oxygens (including phenoxy) is 4. The van der Waals surface area contributed by atoms with Gasteiger partial charge in [-0.15, -0.1) is 0 Å². The van der Waals surface area contributed by atoms with Crippen molar-refractivity contribution in [2.24, 2.45) is 17.8 Å². The van der Waals surface area contributed by atoms with Crippen molar-refractivity contribution in [1.82, 2.24) is 10.2 Å². The summed E-state index contributed by atoms with van der Waals surface area (Å²) in [6.07, 6.45) is 3.56. The first kappa shape index (κ1) is 39.4. The molecule has 1 aromatic carbocycles. The number of anilines is 2. The van der Waals surface area contributed by atoms with Crippen LogP contribution in [0.2, 0.25) is 0 Å². The summed E-state index contributed by atoms with van der Waals surface area (Å²) < 4.78 is 22.7. The van der Waals surface area contributed by atoms with Crippen LogP contribution in [0.25, 0.3) is 0 Å². The van der Waals surface area contributed by atoms with Gasteiger partial charge in [0.1, 0.15) is 11.4 Å². The van der Waals surface area contributed by atoms with E-state index in [1.165, 1.54) is 4.90 Å². The number of hydrogen-bond acceptors (Lipinski definition) is 8. The number of benzene rings is 1. The van der Waals surface area contributed by atoms with E-state index in [2.05, 4.69) is 19.2 Å². The number of nitrogens with one attached hydrogen (secondary N) is 1. The third kappa shape index (κ3) is 10.3. The van der Waals surface area contributed by atoms with Gasteiger partial charge in [0.15, 0.2) is 5.60 Å². The van der Waals surface area contributed by atoms with Crippen LogP contribution in [0.5, 0.6) is 5.75 Å². The smallest absolute Gasteiger partial charge is 0.410 e. The number of piperidine rings is 1. The van der Waals surface area contributed by atoms with Crippen molar-refractivity contribution in [3.05, 3.63) is 18.2 Å². The molecule has 50 heavy (non-hydrogen) atoms. The number of carbonyl (C=O) groups excluding carboxylic acids is 4. The van der Waals surface area contributed by atoms with Gasteiger partial charge in [-0.05, 0) is 104 Å². The van der Waals surface area contributed by atoms with E-state index in [0.717, 1.165) is 19.3 Å². The Balaban J connectivity index is 1.63. The van der Waals surface area contributed by atoms with E-state index in [-0.39, 0.29) is 42.9 Å². The van der Waals surface area contributed by atoms with Gasteiger partial charge in [0.2, 0.25) is 11.8 Å². The van der Waals surface area contributed by atoms with Gasteiger partial charge in [-0.25, -0.2) is 4.79 Å². The predicted molar refractivity (Wildman–Crippen MR) is 192 cm³/mol. The third-order valence-corrected chi connectivity index (χ3v) is 9.26. The number of amides is 4. The fourth-order valence-electron chi connectivity index (χ4n) is 6.79. The molecule has 0 radical (unpaired) electrons. The van der Waals surface area contributed by atoms with E-state index in [1.54, 1.807) is 51.5 Å². The van der Waals surface area contributed by atoms with E-state index in [9.17, 15) is 19.2 Å². The Bertz CT molecular complexity index is 1350. The van der Waals surface area contributed by atoms with Crippen LogP contribution in [0.4, 0.5) is 16.2 Å². The quantitative estimate of drug-likeness (QED) is 0.236. The number of methoxy groups -OCH3 is 1. The minimum atomic E-state index is -1.03. The van der Waals surface area contributed by atoms with Crippen molar-refractivity contribution >= 4 is 35.2 Å². The number of rotatable bonds is 15. The second-order valence-corrected chi connectivity index (χ2v) is 15.8. The predicted octanol–water partition coefficient (Wildman–Crippen LogP) is 5.55. The van der Waals surface area contributed by atoms with Crippen LogP contribution in [0.1, 0.15) is 93.9 Å². The Morgan fingerprint density at radius 1 is 1.10 bits per heavy atom. The van der Waals surface area contributed by atoms with Gasteiger partial charge in [0.05, 0.1) is 17.5 Å². The highest BCUT2D eigenvalue weighted by Crippen LogP contribution is 2.43. The normalized spacial score (nSPS) is 21.0. The molecule has 2 heterocycles. The lowest BCUT2D eigenvalue weighted by atomic mass is 9.87. The molecule has 0 spiro atoms. The number of nitrogens with zero attached hydrogens (tertiary/aromatic N) is 3. The van der Waals surface area contributed by atoms with Crippen LogP contribution in [-0.2, 0) is 28.6 Å². The van der Waals surface area contributed by atoms with Crippen LogP contribution in [-0.4, -0.2) is 98.6 Å². The molecule has 12 nitrogen and oxygen atoms in total. The van der Waals surface area contributed by atoms with Crippen LogP contribution in [0.3, 0.4) is 0 Å². The molecular formula is C38H60N4O8. The standard InChI is InChI=1S/C38H60N4O8/c1-10-48-19-16-28(20-25(2)3)39-33(43)26-21-27(24-40(23-26)36(46)50-37(4,5)6)34(44)42(29-12-13-29)30-14-15-32-31(22-30)41(17-11-18-47-9)35(45)38(7,8)49-32/h14-15,22,25-29H,10-13,16-21,23-24H2,1-9H3,(H,39,43)/t26-,27+,28+/m0/s1. The van der Waals surface area contributed by atoms with Crippen LogP contribution >= 0.6 is 0 Å². The Morgan fingerprint density at radius 2 is 1.80 bits per heavy atom. The fourth-order valence-corrected chi connectivity index (χ4v) is 6.79. The van der Waals surface area contributed by atoms with Crippen LogP contribution in [0.15, 0.2) is 18.2 Å². The fraction of sp³-hybridized carbons (Fsp3) is 0.737. The number of carbonyl (C=O) groups is 4. The van der Waals surface area contributed by atoms with Crippen molar-refractivity contribution in [2.45, 2.75) is 117 Å². The lowest BCUT2D eigenvalue weighted by Crippen LogP contribution is -2.54. The van der Waals surface area contributed by atoms with Gasteiger partial charge in [-0.3, -0.25) is 14.4 Å². The van der Waals surface area contributed by atoms with Gasteiger partial charge in [0.25, 0.3) is 5.91 Å². The number of hydrogen-bond donors (Lipinski definition) is 1. The second kappa shape index (κ2) is 16.8. The minimum absolute atomic E-state index is 0.0164. The number of likely N-dealkylation sites (tertiary alicyclic amines) is 1. The highest BCUT2D eigenvalue weighted by Gasteiger charge is 2.45. The average Bonchev–Trinajstić information content (AvgIpc) is 3.87. The zero-order chi connectivity index (χ0) is 36.8. The van der Waals surface area contributed by atoms with Crippen molar-refractivity contribution in [1.29, 1.82) is 0 Å². The lowest BCUT2D eigenvalue weighted by Gasteiger charge is -2.40. The molecule has 12 heteroatoms. The van der Waals surface area contributed by atoms with Gasteiger partial charge >= 0.3 is 6.09 Å². The molecule has 1 N–H and O–H groups in total. The lowest BCUT2D eigenvalue weighted by molar-refractivity contribution is -0.133. The Labute approximate surface area is 298 Å². The minimum Gasteiger partial charge on any atom is -0.476 e. The van der Waals surface area contributed by atoms with E-state index in [0.29, 0.717) is 68.7 Å². The van der Waals surface area contributed by atoms with Crippen molar-refractivity contribution < 1.29 is 38.1 Å². The Morgan fingerprint density at radius 3 is 2.42 bits per heavy atom. The van der Waals surface area contributed by atoms with Gasteiger partial charge in [0, 0.05) is 64.3 Å². The molecule has 4 rings (SSSR count). The molecule has 0 unspecified atom stereocenters. The molecule has 280 valence electrons. The van der Waals surface area contributed by atoms with Gasteiger partial charge in [-0.1, -0.05) is 13.8 Å². The molecule has 1 aromatic rings. The molecule has 0 bridgehead atoms. The first-order valence-corrected chi connectivity index (χ1v) is 18.4. The summed E-state index contributed by atoms with van der Waals surface area (Å²) in [5, 5.41) is 3.23. The summed E-state index contributed by atoms with van der Waals surface area (Å²) in [5.74, 6) is -0.769. The maximum atomic E-state index is 14.6. The van der Waals surface area contributed by atoms with E-state index in [1.807, 2.05) is 25.1 Å². The molecule has 3 atom stereocenters. The molecule has 0 aromatic heterocycles. The monoisotopic (exact) mass is 700 g/mol. The molecule has 2 fully saturated rings.